The second-order valence-electron chi connectivity index (χ2n) is 3.71. The Morgan fingerprint density at radius 2 is 1.71 bits per heavy atom. The van der Waals surface area contributed by atoms with Crippen LogP contribution in [0.15, 0.2) is 48.5 Å². The first kappa shape index (κ1) is 11.2. The van der Waals surface area contributed by atoms with Crippen LogP contribution in [0.1, 0.15) is 5.56 Å². The van der Waals surface area contributed by atoms with Crippen molar-refractivity contribution in [2.75, 3.05) is 0 Å². The Bertz CT molecular complexity index is 529. The van der Waals surface area contributed by atoms with Crippen LogP contribution >= 0.6 is 0 Å². The predicted octanol–water partition coefficient (Wildman–Crippen LogP) is 2.38. The Morgan fingerprint density at radius 1 is 1.06 bits per heavy atom. The van der Waals surface area contributed by atoms with E-state index in [4.69, 9.17) is 0 Å². The quantitative estimate of drug-likeness (QED) is 0.584. The van der Waals surface area contributed by atoms with Gasteiger partial charge in [0, 0.05) is 5.56 Å². The highest BCUT2D eigenvalue weighted by atomic mass is 16.7. The highest BCUT2D eigenvalue weighted by molar-refractivity contribution is 5.73. The van der Waals surface area contributed by atoms with Crippen molar-refractivity contribution in [1.29, 1.82) is 0 Å². The van der Waals surface area contributed by atoms with Gasteiger partial charge in [-0.2, -0.15) is 0 Å². The van der Waals surface area contributed by atoms with Gasteiger partial charge in [-0.25, -0.2) is 0 Å². The van der Waals surface area contributed by atoms with E-state index in [1.54, 1.807) is 12.1 Å². The van der Waals surface area contributed by atoms with Crippen molar-refractivity contribution in [3.8, 4) is 16.9 Å². The van der Waals surface area contributed by atoms with Crippen LogP contribution in [0.2, 0.25) is 0 Å². The van der Waals surface area contributed by atoms with Crippen LogP contribution in [-0.4, -0.2) is 6.16 Å². The summed E-state index contributed by atoms with van der Waals surface area (Å²) in [7, 11) is 0. The fraction of sp³-hybridized carbons (Fsp3) is 0.0714. The molecule has 0 aliphatic heterocycles. The zero-order valence-electron chi connectivity index (χ0n) is 9.34. The van der Waals surface area contributed by atoms with Crippen molar-refractivity contribution < 1.29 is 14.6 Å². The van der Waals surface area contributed by atoms with Gasteiger partial charge in [0.1, 0.15) is 0 Å². The van der Waals surface area contributed by atoms with Crippen LogP contribution in [0.25, 0.3) is 11.1 Å². The van der Waals surface area contributed by atoms with Gasteiger partial charge < -0.3 is 14.6 Å². The molecule has 2 aromatic rings. The third kappa shape index (κ3) is 2.64. The van der Waals surface area contributed by atoms with Crippen LogP contribution in [0.5, 0.6) is 5.75 Å². The van der Waals surface area contributed by atoms with E-state index in [-0.39, 0.29) is 5.75 Å². The van der Waals surface area contributed by atoms with Gasteiger partial charge in [0.2, 0.25) is 0 Å². The van der Waals surface area contributed by atoms with Crippen molar-refractivity contribution in [2.45, 2.75) is 6.92 Å². The summed E-state index contributed by atoms with van der Waals surface area (Å²) in [5, 5.41) is 10.5. The predicted molar refractivity (Wildman–Crippen MR) is 62.6 cm³/mol. The van der Waals surface area contributed by atoms with Crippen LogP contribution < -0.4 is 9.84 Å². The lowest BCUT2D eigenvalue weighted by Gasteiger charge is -2.13. The molecule has 0 fully saturated rings. The fourth-order valence-corrected chi connectivity index (χ4v) is 1.62. The van der Waals surface area contributed by atoms with Gasteiger partial charge in [-0.3, -0.25) is 0 Å². The topological polar surface area (TPSA) is 49.4 Å². The summed E-state index contributed by atoms with van der Waals surface area (Å²) in [5.41, 5.74) is 2.79. The van der Waals surface area contributed by atoms with Gasteiger partial charge >= 0.3 is 0 Å². The second-order valence-corrected chi connectivity index (χ2v) is 3.71. The fourth-order valence-electron chi connectivity index (χ4n) is 1.62. The molecule has 0 heterocycles. The molecule has 0 atom stereocenters. The summed E-state index contributed by atoms with van der Waals surface area (Å²) in [6.45, 7) is 1.99. The Balaban J connectivity index is 2.44. The monoisotopic (exact) mass is 227 g/mol. The normalized spacial score (nSPS) is 9.94. The molecule has 2 rings (SSSR count). The largest absolute Gasteiger partial charge is 0.513 e. The molecular weight excluding hydrogens is 216 g/mol. The van der Waals surface area contributed by atoms with Gasteiger partial charge in [0.05, 0.1) is 5.75 Å². The molecule has 2 aromatic carbocycles. The lowest BCUT2D eigenvalue weighted by Crippen LogP contribution is -2.26. The van der Waals surface area contributed by atoms with Gasteiger partial charge in [0.15, 0.2) is 0 Å². The molecule has 0 N–H and O–H groups in total. The van der Waals surface area contributed by atoms with E-state index in [9.17, 15) is 9.90 Å². The molecular formula is C14H11O3-. The van der Waals surface area contributed by atoms with E-state index >= 15 is 0 Å². The maximum atomic E-state index is 10.5. The van der Waals surface area contributed by atoms with Crippen molar-refractivity contribution in [2.24, 2.45) is 0 Å². The summed E-state index contributed by atoms with van der Waals surface area (Å²) in [5.74, 6) is 0.288. The van der Waals surface area contributed by atoms with Crippen molar-refractivity contribution in [1.82, 2.24) is 0 Å². The first-order chi connectivity index (χ1) is 8.16. The minimum Gasteiger partial charge on any atom is -0.513 e. The molecule has 0 saturated carbocycles. The molecule has 0 saturated heterocycles. The minimum atomic E-state index is -1.55. The molecule has 0 unspecified atom stereocenters. The summed E-state index contributed by atoms with van der Waals surface area (Å²) < 4.78 is 4.64. The smallest absolute Gasteiger partial charge is 0.257 e. The first-order valence-electron chi connectivity index (χ1n) is 5.22. The molecule has 0 aliphatic carbocycles. The first-order valence-corrected chi connectivity index (χ1v) is 5.22. The zero-order valence-corrected chi connectivity index (χ0v) is 9.34. The highest BCUT2D eigenvalue weighted by Gasteiger charge is 2.03. The standard InChI is InChI=1S/C14H12O3/c1-10-6-8-11(9-7-10)12-4-2-3-5-13(12)17-14(15)16/h2-9H,1H3,(H,15,16)/p-1. The average molecular weight is 227 g/mol. The maximum absolute atomic E-state index is 10.5. The average Bonchev–Trinajstić information content (AvgIpc) is 2.30. The van der Waals surface area contributed by atoms with E-state index in [0.29, 0.717) is 0 Å². The van der Waals surface area contributed by atoms with Gasteiger partial charge in [0.25, 0.3) is 6.16 Å². The number of para-hydroxylation sites is 1. The minimum absolute atomic E-state index is 0.288. The number of carbonyl (C=O) groups is 1. The maximum Gasteiger partial charge on any atom is 0.257 e. The molecule has 17 heavy (non-hydrogen) atoms. The lowest BCUT2D eigenvalue weighted by atomic mass is 10.0. The molecule has 3 heteroatoms. The summed E-state index contributed by atoms with van der Waals surface area (Å²) in [4.78, 5) is 10.5. The Morgan fingerprint density at radius 3 is 2.35 bits per heavy atom. The molecule has 0 radical (unpaired) electrons. The summed E-state index contributed by atoms with van der Waals surface area (Å²) >= 11 is 0. The molecule has 0 bridgehead atoms. The molecule has 0 aromatic heterocycles. The Labute approximate surface area is 99.3 Å². The van der Waals surface area contributed by atoms with E-state index in [1.807, 2.05) is 43.3 Å². The van der Waals surface area contributed by atoms with E-state index in [2.05, 4.69) is 4.74 Å². The third-order valence-corrected chi connectivity index (χ3v) is 2.44. The third-order valence-electron chi connectivity index (χ3n) is 2.44. The van der Waals surface area contributed by atoms with Gasteiger partial charge in [-0.05, 0) is 18.6 Å². The molecule has 86 valence electrons. The molecule has 0 aliphatic rings. The van der Waals surface area contributed by atoms with E-state index < -0.39 is 6.16 Å². The Kier molecular flexibility index (Phi) is 3.10. The van der Waals surface area contributed by atoms with Gasteiger partial charge in [-0.1, -0.05) is 48.0 Å². The number of hydrogen-bond donors (Lipinski definition) is 0. The SMILES string of the molecule is Cc1ccc(-c2ccccc2OC(=O)[O-])cc1. The number of carboxylic acid groups (broad SMARTS) is 1. The molecule has 0 spiro atoms. The molecule has 3 nitrogen and oxygen atoms in total. The number of benzene rings is 2. The van der Waals surface area contributed by atoms with Crippen LogP contribution in [-0.2, 0) is 0 Å². The van der Waals surface area contributed by atoms with E-state index in [0.717, 1.165) is 16.7 Å². The zero-order chi connectivity index (χ0) is 12.3. The molecule has 0 amide bonds. The highest BCUT2D eigenvalue weighted by Crippen LogP contribution is 2.29. The second kappa shape index (κ2) is 4.70. The summed E-state index contributed by atoms with van der Waals surface area (Å²) in [6.07, 6.45) is -1.55. The van der Waals surface area contributed by atoms with Crippen LogP contribution in [0.3, 0.4) is 0 Å². The lowest BCUT2D eigenvalue weighted by molar-refractivity contribution is -0.271. The van der Waals surface area contributed by atoms with Crippen LogP contribution in [0.4, 0.5) is 4.79 Å². The number of carbonyl (C=O) groups excluding carboxylic acids is 1. The van der Waals surface area contributed by atoms with Crippen molar-refractivity contribution in [3.05, 3.63) is 54.1 Å². The number of rotatable bonds is 2. The van der Waals surface area contributed by atoms with Crippen LogP contribution in [0, 0.1) is 6.92 Å². The number of hydrogen-bond acceptors (Lipinski definition) is 3. The number of aryl methyl sites for hydroxylation is 1. The van der Waals surface area contributed by atoms with Gasteiger partial charge in [-0.15, -0.1) is 0 Å². The van der Waals surface area contributed by atoms with Crippen molar-refractivity contribution >= 4 is 6.16 Å². The number of ether oxygens (including phenoxy) is 1. The van der Waals surface area contributed by atoms with E-state index in [1.165, 1.54) is 0 Å². The summed E-state index contributed by atoms with van der Waals surface area (Å²) in [6, 6.07) is 14.7. The Hall–Kier alpha value is -2.29. The van der Waals surface area contributed by atoms with Crippen molar-refractivity contribution in [3.63, 3.8) is 0 Å².